The first-order valence-corrected chi connectivity index (χ1v) is 11.4. The van der Waals surface area contributed by atoms with Gasteiger partial charge in [-0.25, -0.2) is 9.48 Å². The van der Waals surface area contributed by atoms with Gasteiger partial charge in [-0.1, -0.05) is 13.0 Å². The summed E-state index contributed by atoms with van der Waals surface area (Å²) in [5.74, 6) is 0.619. The van der Waals surface area contributed by atoms with Crippen LogP contribution in [0.3, 0.4) is 0 Å². The van der Waals surface area contributed by atoms with E-state index >= 15 is 0 Å². The summed E-state index contributed by atoms with van der Waals surface area (Å²) in [6, 6.07) is 6.00. The summed E-state index contributed by atoms with van der Waals surface area (Å²) in [6.07, 6.45) is 5.58. The maximum absolute atomic E-state index is 13.6. The number of anilines is 1. The van der Waals surface area contributed by atoms with Crippen molar-refractivity contribution in [2.45, 2.75) is 73.3 Å². The molecule has 168 valence electrons. The van der Waals surface area contributed by atoms with E-state index in [0.29, 0.717) is 17.3 Å². The van der Waals surface area contributed by atoms with E-state index in [-0.39, 0.29) is 24.5 Å². The van der Waals surface area contributed by atoms with E-state index in [2.05, 4.69) is 13.0 Å². The minimum Gasteiger partial charge on any atom is -0.462 e. The lowest BCUT2D eigenvalue weighted by atomic mass is 9.82. The number of carbonyl (C=O) groups excluding carboxylic acids is 2. The number of ether oxygens (including phenoxy) is 1. The highest BCUT2D eigenvalue weighted by Gasteiger charge is 2.34. The summed E-state index contributed by atoms with van der Waals surface area (Å²) in [6.45, 7) is 12.3. The van der Waals surface area contributed by atoms with Gasteiger partial charge in [-0.3, -0.25) is 9.69 Å². The van der Waals surface area contributed by atoms with Crippen LogP contribution in [0.15, 0.2) is 24.4 Å². The van der Waals surface area contributed by atoms with Gasteiger partial charge in [0.25, 0.3) is 0 Å². The van der Waals surface area contributed by atoms with Crippen molar-refractivity contribution in [2.24, 2.45) is 11.8 Å². The van der Waals surface area contributed by atoms with Gasteiger partial charge in [0, 0.05) is 18.2 Å². The molecule has 3 rings (SSSR count). The molecule has 1 aromatic heterocycles. The Hall–Kier alpha value is -2.63. The molecule has 0 atom stereocenters. The number of nitrogens with zero attached hydrogens (tertiary/aromatic N) is 3. The molecule has 1 aliphatic rings. The third kappa shape index (κ3) is 5.17. The number of benzene rings is 1. The van der Waals surface area contributed by atoms with Crippen molar-refractivity contribution in [3.05, 3.63) is 41.1 Å². The maximum Gasteiger partial charge on any atom is 0.343 e. The predicted molar refractivity (Wildman–Crippen MR) is 123 cm³/mol. The standard InChI is InChI=1S/C25H35N3O3/c1-7-31-25(30)22-15-27(21-13-18(5)12-19(6)14-21)26-23(22)28(16(2)3)24(29)20-10-8-17(4)9-11-20/h12-17,20H,7-11H2,1-6H3. The van der Waals surface area contributed by atoms with Crippen LogP contribution < -0.4 is 4.90 Å². The van der Waals surface area contributed by atoms with E-state index in [0.717, 1.165) is 42.5 Å². The van der Waals surface area contributed by atoms with Crippen LogP contribution >= 0.6 is 0 Å². The highest BCUT2D eigenvalue weighted by Crippen LogP contribution is 2.33. The quantitative estimate of drug-likeness (QED) is 0.594. The molecule has 1 fully saturated rings. The van der Waals surface area contributed by atoms with Gasteiger partial charge in [-0.05, 0) is 89.5 Å². The molecule has 0 unspecified atom stereocenters. The molecule has 31 heavy (non-hydrogen) atoms. The second-order valence-electron chi connectivity index (χ2n) is 9.14. The molecule has 0 radical (unpaired) electrons. The fraction of sp³-hybridized carbons (Fsp3) is 0.560. The van der Waals surface area contributed by atoms with Crippen LogP contribution in [-0.4, -0.2) is 34.3 Å². The van der Waals surface area contributed by atoms with Gasteiger partial charge in [0.15, 0.2) is 5.82 Å². The summed E-state index contributed by atoms with van der Waals surface area (Å²) >= 11 is 0. The molecule has 1 saturated carbocycles. The smallest absolute Gasteiger partial charge is 0.343 e. The first kappa shape index (κ1) is 23.0. The zero-order valence-electron chi connectivity index (χ0n) is 19.6. The van der Waals surface area contributed by atoms with E-state index in [1.165, 1.54) is 0 Å². The van der Waals surface area contributed by atoms with Gasteiger partial charge in [-0.2, -0.15) is 0 Å². The molecule has 0 N–H and O–H groups in total. The number of aromatic nitrogens is 2. The Morgan fingerprint density at radius 2 is 1.74 bits per heavy atom. The molecular formula is C25H35N3O3. The molecule has 1 aliphatic carbocycles. The Kier molecular flexibility index (Phi) is 7.19. The molecular weight excluding hydrogens is 390 g/mol. The average molecular weight is 426 g/mol. The molecule has 2 aromatic rings. The summed E-state index contributed by atoms with van der Waals surface area (Å²) in [5.41, 5.74) is 3.40. The second kappa shape index (κ2) is 9.67. The lowest BCUT2D eigenvalue weighted by Gasteiger charge is -2.32. The zero-order valence-corrected chi connectivity index (χ0v) is 19.6. The van der Waals surface area contributed by atoms with Crippen molar-refractivity contribution in [2.75, 3.05) is 11.5 Å². The number of hydrogen-bond donors (Lipinski definition) is 0. The van der Waals surface area contributed by atoms with Crippen LogP contribution in [0.4, 0.5) is 5.82 Å². The monoisotopic (exact) mass is 425 g/mol. The first-order chi connectivity index (χ1) is 14.7. The summed E-state index contributed by atoms with van der Waals surface area (Å²) in [7, 11) is 0. The number of esters is 1. The van der Waals surface area contributed by atoms with Gasteiger partial charge in [0.1, 0.15) is 5.56 Å². The number of aryl methyl sites for hydroxylation is 2. The van der Waals surface area contributed by atoms with Crippen molar-refractivity contribution in [1.29, 1.82) is 0 Å². The minimum atomic E-state index is -0.455. The van der Waals surface area contributed by atoms with Gasteiger partial charge < -0.3 is 4.74 Å². The lowest BCUT2D eigenvalue weighted by molar-refractivity contribution is -0.123. The Labute approximate surface area is 185 Å². The maximum atomic E-state index is 13.6. The fourth-order valence-corrected chi connectivity index (χ4v) is 4.42. The highest BCUT2D eigenvalue weighted by atomic mass is 16.5. The van der Waals surface area contributed by atoms with Crippen molar-refractivity contribution >= 4 is 17.7 Å². The Morgan fingerprint density at radius 1 is 1.13 bits per heavy atom. The van der Waals surface area contributed by atoms with E-state index in [1.807, 2.05) is 39.8 Å². The van der Waals surface area contributed by atoms with Gasteiger partial charge in [0.2, 0.25) is 5.91 Å². The fourth-order valence-electron chi connectivity index (χ4n) is 4.42. The van der Waals surface area contributed by atoms with Crippen molar-refractivity contribution < 1.29 is 14.3 Å². The van der Waals surface area contributed by atoms with E-state index in [1.54, 1.807) is 22.7 Å². The molecule has 0 aliphatic heterocycles. The lowest BCUT2D eigenvalue weighted by Crippen LogP contribution is -2.43. The average Bonchev–Trinajstić information content (AvgIpc) is 3.13. The SMILES string of the molecule is CCOC(=O)c1cn(-c2cc(C)cc(C)c2)nc1N(C(=O)C1CCC(C)CC1)C(C)C. The Balaban J connectivity index is 2.05. The van der Waals surface area contributed by atoms with Crippen molar-refractivity contribution in [1.82, 2.24) is 9.78 Å². The van der Waals surface area contributed by atoms with Crippen LogP contribution in [0.5, 0.6) is 0 Å². The van der Waals surface area contributed by atoms with Crippen LogP contribution in [-0.2, 0) is 9.53 Å². The second-order valence-corrected chi connectivity index (χ2v) is 9.14. The van der Waals surface area contributed by atoms with E-state index in [9.17, 15) is 9.59 Å². The number of hydrogen-bond acceptors (Lipinski definition) is 4. The highest BCUT2D eigenvalue weighted by molar-refractivity contribution is 6.02. The third-order valence-corrected chi connectivity index (χ3v) is 6.01. The molecule has 6 nitrogen and oxygen atoms in total. The number of carbonyl (C=O) groups is 2. The van der Waals surface area contributed by atoms with Crippen molar-refractivity contribution in [3.8, 4) is 5.69 Å². The van der Waals surface area contributed by atoms with Gasteiger partial charge in [-0.15, -0.1) is 5.10 Å². The summed E-state index contributed by atoms with van der Waals surface area (Å²) < 4.78 is 6.99. The Morgan fingerprint density at radius 3 is 2.29 bits per heavy atom. The van der Waals surface area contributed by atoms with Crippen LogP contribution in [0.2, 0.25) is 0 Å². The zero-order chi connectivity index (χ0) is 22.7. The van der Waals surface area contributed by atoms with Crippen molar-refractivity contribution in [3.63, 3.8) is 0 Å². The largest absolute Gasteiger partial charge is 0.462 e. The number of amides is 1. The van der Waals surface area contributed by atoms with E-state index < -0.39 is 5.97 Å². The summed E-state index contributed by atoms with van der Waals surface area (Å²) in [5, 5.41) is 4.74. The molecule has 1 amide bonds. The normalized spacial score (nSPS) is 18.8. The van der Waals surface area contributed by atoms with Gasteiger partial charge in [0.05, 0.1) is 12.3 Å². The molecule has 1 heterocycles. The third-order valence-electron chi connectivity index (χ3n) is 6.01. The minimum absolute atomic E-state index is 0.0278. The van der Waals surface area contributed by atoms with Crippen LogP contribution in [0.1, 0.15) is 74.9 Å². The molecule has 6 heteroatoms. The topological polar surface area (TPSA) is 64.4 Å². The molecule has 0 bridgehead atoms. The number of rotatable bonds is 6. The van der Waals surface area contributed by atoms with E-state index in [4.69, 9.17) is 9.84 Å². The van der Waals surface area contributed by atoms with Crippen LogP contribution in [0, 0.1) is 25.7 Å². The van der Waals surface area contributed by atoms with Crippen LogP contribution in [0.25, 0.3) is 5.69 Å². The Bertz CT molecular complexity index is 919. The summed E-state index contributed by atoms with van der Waals surface area (Å²) in [4.78, 5) is 28.1. The molecule has 0 saturated heterocycles. The van der Waals surface area contributed by atoms with Gasteiger partial charge >= 0.3 is 5.97 Å². The molecule has 1 aromatic carbocycles. The molecule has 0 spiro atoms. The predicted octanol–water partition coefficient (Wildman–Crippen LogP) is 5.23. The first-order valence-electron chi connectivity index (χ1n) is 11.4.